The first-order valence-electron chi connectivity index (χ1n) is 9.69. The van der Waals surface area contributed by atoms with Gasteiger partial charge < -0.3 is 9.16 Å². The van der Waals surface area contributed by atoms with Crippen LogP contribution in [0.25, 0.3) is 0 Å². The Hall–Kier alpha value is -1.39. The molecule has 1 aromatic carbocycles. The molecule has 0 radical (unpaired) electrons. The molecule has 1 heterocycles. The highest BCUT2D eigenvalue weighted by atomic mass is 28.4. The van der Waals surface area contributed by atoms with E-state index in [0.717, 1.165) is 24.8 Å². The molecule has 4 heteroatoms. The number of fused-ring (bicyclic) bond motifs is 1. The van der Waals surface area contributed by atoms with Gasteiger partial charge in [-0.2, -0.15) is 0 Å². The molecule has 0 spiro atoms. The zero-order valence-corrected chi connectivity index (χ0v) is 18.2. The average Bonchev–Trinajstić information content (AvgIpc) is 2.55. The maximum absolute atomic E-state index is 12.5. The Kier molecular flexibility index (Phi) is 6.86. The van der Waals surface area contributed by atoms with Crippen molar-refractivity contribution in [2.75, 3.05) is 6.61 Å². The van der Waals surface area contributed by atoms with E-state index < -0.39 is 8.32 Å². The molecule has 144 valence electrons. The Labute approximate surface area is 159 Å². The number of hydrogen-bond acceptors (Lipinski definition) is 3. The van der Waals surface area contributed by atoms with Crippen LogP contribution in [0.4, 0.5) is 0 Å². The molecule has 1 unspecified atom stereocenters. The van der Waals surface area contributed by atoms with Gasteiger partial charge in [0.15, 0.2) is 8.32 Å². The van der Waals surface area contributed by atoms with Gasteiger partial charge in [-0.3, -0.25) is 0 Å². The maximum Gasteiger partial charge on any atom is 0.338 e. The second kappa shape index (κ2) is 8.53. The highest BCUT2D eigenvalue weighted by Gasteiger charge is 2.40. The minimum atomic E-state index is -1.86. The molecule has 3 nitrogen and oxygen atoms in total. The van der Waals surface area contributed by atoms with Gasteiger partial charge in [-0.25, -0.2) is 4.79 Å². The van der Waals surface area contributed by atoms with Crippen LogP contribution in [0.1, 0.15) is 56.5 Å². The summed E-state index contributed by atoms with van der Waals surface area (Å²) in [5, 5.41) is 0.169. The number of carbonyl (C=O) groups is 1. The van der Waals surface area contributed by atoms with Crippen LogP contribution in [0.3, 0.4) is 0 Å². The summed E-state index contributed by atoms with van der Waals surface area (Å²) in [5.74, 6) is 0.169. The van der Waals surface area contributed by atoms with Gasteiger partial charge in [0.05, 0.1) is 18.3 Å². The molecule has 0 N–H and O–H groups in total. The largest absolute Gasteiger partial charge is 0.462 e. The number of hydrogen-bond donors (Lipinski definition) is 0. The minimum Gasteiger partial charge on any atom is -0.462 e. The topological polar surface area (TPSA) is 35.5 Å². The molecule has 0 amide bonds. The van der Waals surface area contributed by atoms with Crippen molar-refractivity contribution in [1.29, 1.82) is 0 Å². The van der Waals surface area contributed by atoms with Crippen LogP contribution in [0, 0.1) is 5.92 Å². The molecule has 0 fully saturated rings. The Morgan fingerprint density at radius 1 is 1.15 bits per heavy atom. The van der Waals surface area contributed by atoms with E-state index in [9.17, 15) is 4.79 Å². The van der Waals surface area contributed by atoms with Gasteiger partial charge in [0, 0.05) is 6.42 Å². The molecule has 2 rings (SSSR count). The van der Waals surface area contributed by atoms with Crippen molar-refractivity contribution in [3.63, 3.8) is 0 Å². The van der Waals surface area contributed by atoms with Gasteiger partial charge in [0.2, 0.25) is 0 Å². The summed E-state index contributed by atoms with van der Waals surface area (Å²) < 4.78 is 12.3. The van der Waals surface area contributed by atoms with Crippen LogP contribution in [0.2, 0.25) is 18.1 Å². The summed E-state index contributed by atoms with van der Waals surface area (Å²) in [6.07, 6.45) is 6.99. The molecular formula is C22H34O3Si. The SMILES string of the molecule is C[C@@H]1C/C=C/Cc2ccccc2C(=O)OCCC1O[Si](C)(C)C(C)(C)C. The molecule has 1 aliphatic rings. The molecule has 0 saturated carbocycles. The Balaban J connectivity index is 2.17. The van der Waals surface area contributed by atoms with E-state index in [1.54, 1.807) is 0 Å². The first kappa shape index (κ1) is 20.9. The predicted molar refractivity (Wildman–Crippen MR) is 110 cm³/mol. The van der Waals surface area contributed by atoms with Crippen LogP contribution < -0.4 is 0 Å². The average molecular weight is 375 g/mol. The lowest BCUT2D eigenvalue weighted by Gasteiger charge is -2.41. The van der Waals surface area contributed by atoms with Gasteiger partial charge in [0.1, 0.15) is 0 Å². The fraction of sp³-hybridized carbons (Fsp3) is 0.591. The lowest BCUT2D eigenvalue weighted by Crippen LogP contribution is -2.45. The molecule has 26 heavy (non-hydrogen) atoms. The van der Waals surface area contributed by atoms with E-state index >= 15 is 0 Å². The summed E-state index contributed by atoms with van der Waals surface area (Å²) in [5.41, 5.74) is 1.70. The zero-order valence-electron chi connectivity index (χ0n) is 17.2. The summed E-state index contributed by atoms with van der Waals surface area (Å²) in [6, 6.07) is 7.71. The van der Waals surface area contributed by atoms with Crippen LogP contribution in [0.15, 0.2) is 36.4 Å². The van der Waals surface area contributed by atoms with Crippen LogP contribution >= 0.6 is 0 Å². The van der Waals surface area contributed by atoms with Crippen LogP contribution in [-0.4, -0.2) is 27.0 Å². The first-order chi connectivity index (χ1) is 12.1. The van der Waals surface area contributed by atoms with Crippen molar-refractivity contribution in [1.82, 2.24) is 0 Å². The van der Waals surface area contributed by atoms with Crippen LogP contribution in [0.5, 0.6) is 0 Å². The second-order valence-corrected chi connectivity index (χ2v) is 13.6. The van der Waals surface area contributed by atoms with Crippen molar-refractivity contribution in [3.8, 4) is 0 Å². The highest BCUT2D eigenvalue weighted by Crippen LogP contribution is 2.38. The van der Waals surface area contributed by atoms with E-state index in [2.05, 4.69) is 52.9 Å². The van der Waals surface area contributed by atoms with E-state index in [0.29, 0.717) is 18.1 Å². The number of esters is 1. The molecule has 0 aliphatic carbocycles. The minimum absolute atomic E-state index is 0.114. The Bertz CT molecular complexity index is 643. The number of rotatable bonds is 2. The standard InChI is InChI=1S/C22H34O3Si/c1-17-11-7-8-12-18-13-9-10-14-19(18)21(23)24-16-15-20(17)25-26(5,6)22(2,3)4/h7-10,13-14,17,20H,11-12,15-16H2,1-6H3/b8-7+/t17-,20?/m1/s1. The van der Waals surface area contributed by atoms with E-state index in [4.69, 9.17) is 9.16 Å². The number of ether oxygens (including phenoxy) is 1. The van der Waals surface area contributed by atoms with Crippen molar-refractivity contribution >= 4 is 14.3 Å². The fourth-order valence-electron chi connectivity index (χ4n) is 2.93. The maximum atomic E-state index is 12.5. The molecular weight excluding hydrogens is 340 g/mol. The number of carbonyl (C=O) groups excluding carboxylic acids is 1. The smallest absolute Gasteiger partial charge is 0.338 e. The zero-order chi connectivity index (χ0) is 19.4. The van der Waals surface area contributed by atoms with Gasteiger partial charge in [-0.05, 0) is 48.5 Å². The molecule has 0 aromatic heterocycles. The van der Waals surface area contributed by atoms with Crippen molar-refractivity contribution in [3.05, 3.63) is 47.5 Å². The molecule has 0 bridgehead atoms. The summed E-state index contributed by atoms with van der Waals surface area (Å²) in [7, 11) is -1.86. The summed E-state index contributed by atoms with van der Waals surface area (Å²) in [6.45, 7) is 14.0. The first-order valence-corrected chi connectivity index (χ1v) is 12.6. The number of cyclic esters (lactones) is 1. The van der Waals surface area contributed by atoms with Crippen molar-refractivity contribution in [2.24, 2.45) is 5.92 Å². The summed E-state index contributed by atoms with van der Waals surface area (Å²) in [4.78, 5) is 12.5. The lowest BCUT2D eigenvalue weighted by atomic mass is 9.97. The van der Waals surface area contributed by atoms with Gasteiger partial charge in [-0.15, -0.1) is 0 Å². The number of allylic oxidation sites excluding steroid dienone is 2. The molecule has 1 aromatic rings. The fourth-order valence-corrected chi connectivity index (χ4v) is 4.39. The van der Waals surface area contributed by atoms with E-state index in [1.165, 1.54) is 0 Å². The van der Waals surface area contributed by atoms with Crippen molar-refractivity contribution < 1.29 is 14.0 Å². The van der Waals surface area contributed by atoms with E-state index in [1.807, 2.05) is 24.3 Å². The van der Waals surface area contributed by atoms with E-state index in [-0.39, 0.29) is 17.1 Å². The van der Waals surface area contributed by atoms with Gasteiger partial charge >= 0.3 is 5.97 Å². The normalized spacial score (nSPS) is 24.0. The quantitative estimate of drug-likeness (QED) is 0.375. The third-order valence-electron chi connectivity index (χ3n) is 5.77. The second-order valence-electron chi connectivity index (χ2n) is 8.89. The number of benzene rings is 1. The summed E-state index contributed by atoms with van der Waals surface area (Å²) >= 11 is 0. The molecule has 1 aliphatic heterocycles. The predicted octanol–water partition coefficient (Wildman–Crippen LogP) is 5.76. The van der Waals surface area contributed by atoms with Crippen molar-refractivity contribution in [2.45, 2.75) is 71.2 Å². The third-order valence-corrected chi connectivity index (χ3v) is 10.3. The molecule has 0 saturated heterocycles. The Morgan fingerprint density at radius 2 is 1.85 bits per heavy atom. The van der Waals surface area contributed by atoms with Crippen LogP contribution in [-0.2, 0) is 15.6 Å². The lowest BCUT2D eigenvalue weighted by molar-refractivity contribution is 0.0387. The Morgan fingerprint density at radius 3 is 2.54 bits per heavy atom. The third kappa shape index (κ3) is 5.30. The van der Waals surface area contributed by atoms with Gasteiger partial charge in [0.25, 0.3) is 0 Å². The monoisotopic (exact) mass is 374 g/mol. The molecule has 2 atom stereocenters. The highest BCUT2D eigenvalue weighted by molar-refractivity contribution is 6.74. The van der Waals surface area contributed by atoms with Gasteiger partial charge in [-0.1, -0.05) is 58.0 Å².